The first kappa shape index (κ1) is 14.2. The number of rotatable bonds is 5. The summed E-state index contributed by atoms with van der Waals surface area (Å²) in [7, 11) is 5.98. The maximum Gasteiger partial charge on any atom is 0.174 e. The molecular weight excluding hydrogens is 230 g/mol. The molecule has 0 aliphatic heterocycles. The smallest absolute Gasteiger partial charge is 0.174 e. The number of aryl methyl sites for hydroxylation is 1. The first-order valence-electron chi connectivity index (χ1n) is 5.76. The van der Waals surface area contributed by atoms with Crippen molar-refractivity contribution in [1.29, 1.82) is 0 Å². The molecule has 0 aromatic carbocycles. The van der Waals surface area contributed by atoms with Crippen LogP contribution in [0.25, 0.3) is 0 Å². The molecule has 1 heterocycles. The summed E-state index contributed by atoms with van der Waals surface area (Å²) in [6, 6.07) is 1.84. The molecule has 0 spiro atoms. The molecule has 18 heavy (non-hydrogen) atoms. The normalized spacial score (nSPS) is 11.9. The minimum atomic E-state index is 0.0901. The van der Waals surface area contributed by atoms with E-state index >= 15 is 0 Å². The third-order valence-electron chi connectivity index (χ3n) is 2.75. The van der Waals surface area contributed by atoms with Gasteiger partial charge in [0.25, 0.3) is 0 Å². The van der Waals surface area contributed by atoms with E-state index in [4.69, 9.17) is 10.9 Å². The van der Waals surface area contributed by atoms with Crippen LogP contribution in [0, 0.1) is 6.92 Å². The van der Waals surface area contributed by atoms with Crippen molar-refractivity contribution in [3.8, 4) is 0 Å². The third-order valence-corrected chi connectivity index (χ3v) is 2.75. The topological polar surface area (TPSA) is 78.0 Å². The molecule has 0 saturated heterocycles. The molecule has 3 N–H and O–H groups in total. The van der Waals surface area contributed by atoms with Crippen LogP contribution in [0.15, 0.2) is 17.4 Å². The van der Waals surface area contributed by atoms with Gasteiger partial charge in [0.15, 0.2) is 5.84 Å². The summed E-state index contributed by atoms with van der Waals surface area (Å²) in [5, 5.41) is 11.9. The second-order valence-electron chi connectivity index (χ2n) is 4.54. The van der Waals surface area contributed by atoms with Crippen LogP contribution in [0.4, 0.5) is 5.82 Å². The summed E-state index contributed by atoms with van der Waals surface area (Å²) in [5.41, 5.74) is 7.33. The number of oxime groups is 1. The number of aromatic nitrogens is 1. The Morgan fingerprint density at radius 1 is 1.39 bits per heavy atom. The highest BCUT2D eigenvalue weighted by molar-refractivity contribution is 6.02. The van der Waals surface area contributed by atoms with Gasteiger partial charge in [0.1, 0.15) is 5.82 Å². The van der Waals surface area contributed by atoms with Crippen LogP contribution in [-0.2, 0) is 0 Å². The van der Waals surface area contributed by atoms with Crippen molar-refractivity contribution in [3.05, 3.63) is 23.4 Å². The first-order chi connectivity index (χ1) is 8.47. The summed E-state index contributed by atoms with van der Waals surface area (Å²) in [6.07, 6.45) is 1.73. The van der Waals surface area contributed by atoms with E-state index in [-0.39, 0.29) is 5.84 Å². The number of pyridine rings is 1. The number of nitrogens with zero attached hydrogens (tertiary/aromatic N) is 4. The molecule has 1 rings (SSSR count). The molecule has 1 aromatic heterocycles. The van der Waals surface area contributed by atoms with Crippen LogP contribution in [0.2, 0.25) is 0 Å². The molecular formula is C12H21N5O. The lowest BCUT2D eigenvalue weighted by Crippen LogP contribution is -2.31. The Labute approximate surface area is 108 Å². The Kier molecular flexibility index (Phi) is 4.91. The SMILES string of the molecule is Cc1ccnc(N(C)CCN(C)C)c1/C(N)=N/O. The van der Waals surface area contributed by atoms with Gasteiger partial charge in [-0.25, -0.2) is 4.98 Å². The number of nitrogens with two attached hydrogens (primary N) is 1. The van der Waals surface area contributed by atoms with E-state index < -0.39 is 0 Å². The summed E-state index contributed by atoms with van der Waals surface area (Å²) in [6.45, 7) is 3.63. The second kappa shape index (κ2) is 6.20. The zero-order valence-corrected chi connectivity index (χ0v) is 11.4. The van der Waals surface area contributed by atoms with Gasteiger partial charge in [0.05, 0.1) is 5.56 Å². The van der Waals surface area contributed by atoms with E-state index in [9.17, 15) is 0 Å². The van der Waals surface area contributed by atoms with E-state index in [0.717, 1.165) is 24.5 Å². The quantitative estimate of drug-likeness (QED) is 0.344. The van der Waals surface area contributed by atoms with Crippen molar-refractivity contribution >= 4 is 11.7 Å². The molecule has 1 aromatic rings. The minimum Gasteiger partial charge on any atom is -0.409 e. The molecule has 0 atom stereocenters. The molecule has 0 bridgehead atoms. The predicted octanol–water partition coefficient (Wildman–Crippen LogP) is 0.482. The number of likely N-dealkylation sites (N-methyl/N-ethyl adjacent to an activating group) is 2. The van der Waals surface area contributed by atoms with Crippen LogP contribution in [0.5, 0.6) is 0 Å². The Hall–Kier alpha value is -1.82. The standard InChI is InChI=1S/C12H21N5O/c1-9-5-6-14-12(10(9)11(13)15-18)17(4)8-7-16(2)3/h5-6,18H,7-8H2,1-4H3,(H2,13,15). The van der Waals surface area contributed by atoms with Crippen LogP contribution in [-0.4, -0.2) is 55.2 Å². The van der Waals surface area contributed by atoms with Crippen LogP contribution < -0.4 is 10.6 Å². The fourth-order valence-electron chi connectivity index (χ4n) is 1.66. The van der Waals surface area contributed by atoms with Crippen molar-refractivity contribution in [2.75, 3.05) is 39.1 Å². The van der Waals surface area contributed by atoms with Gasteiger partial charge in [0, 0.05) is 26.3 Å². The molecule has 0 saturated carbocycles. The van der Waals surface area contributed by atoms with Crippen molar-refractivity contribution in [3.63, 3.8) is 0 Å². The molecule has 0 radical (unpaired) electrons. The maximum absolute atomic E-state index is 8.85. The lowest BCUT2D eigenvalue weighted by atomic mass is 10.1. The van der Waals surface area contributed by atoms with Crippen molar-refractivity contribution in [1.82, 2.24) is 9.88 Å². The fraction of sp³-hybridized carbons (Fsp3) is 0.500. The number of anilines is 1. The number of hydrogen-bond donors (Lipinski definition) is 2. The molecule has 0 aliphatic rings. The summed E-state index contributed by atoms with van der Waals surface area (Å²) in [4.78, 5) is 8.41. The highest BCUT2D eigenvalue weighted by Crippen LogP contribution is 2.19. The first-order valence-corrected chi connectivity index (χ1v) is 5.76. The van der Waals surface area contributed by atoms with Gasteiger partial charge in [-0.1, -0.05) is 5.16 Å². The molecule has 0 unspecified atom stereocenters. The zero-order valence-electron chi connectivity index (χ0n) is 11.4. The molecule has 0 aliphatic carbocycles. The maximum atomic E-state index is 8.85. The highest BCUT2D eigenvalue weighted by atomic mass is 16.4. The molecule has 0 fully saturated rings. The van der Waals surface area contributed by atoms with Gasteiger partial charge in [0.2, 0.25) is 0 Å². The van der Waals surface area contributed by atoms with E-state index in [1.165, 1.54) is 0 Å². The highest BCUT2D eigenvalue weighted by Gasteiger charge is 2.15. The second-order valence-corrected chi connectivity index (χ2v) is 4.54. The van der Waals surface area contributed by atoms with Crippen molar-refractivity contribution in [2.45, 2.75) is 6.92 Å². The monoisotopic (exact) mass is 251 g/mol. The molecule has 6 heteroatoms. The fourth-order valence-corrected chi connectivity index (χ4v) is 1.66. The van der Waals surface area contributed by atoms with E-state index in [1.807, 2.05) is 39.0 Å². The summed E-state index contributed by atoms with van der Waals surface area (Å²) >= 11 is 0. The van der Waals surface area contributed by atoms with Gasteiger partial charge >= 0.3 is 0 Å². The average molecular weight is 251 g/mol. The Morgan fingerprint density at radius 3 is 2.61 bits per heavy atom. The van der Waals surface area contributed by atoms with Crippen LogP contribution >= 0.6 is 0 Å². The largest absolute Gasteiger partial charge is 0.409 e. The lowest BCUT2D eigenvalue weighted by molar-refractivity contribution is 0.318. The lowest BCUT2D eigenvalue weighted by Gasteiger charge is -2.23. The van der Waals surface area contributed by atoms with Gasteiger partial charge < -0.3 is 20.7 Å². The minimum absolute atomic E-state index is 0.0901. The van der Waals surface area contributed by atoms with E-state index in [2.05, 4.69) is 15.0 Å². The van der Waals surface area contributed by atoms with Crippen molar-refractivity contribution in [2.24, 2.45) is 10.9 Å². The zero-order chi connectivity index (χ0) is 13.7. The predicted molar refractivity (Wildman–Crippen MR) is 73.3 cm³/mol. The Morgan fingerprint density at radius 2 is 2.06 bits per heavy atom. The van der Waals surface area contributed by atoms with Gasteiger partial charge in [-0.15, -0.1) is 0 Å². The molecule has 6 nitrogen and oxygen atoms in total. The van der Waals surface area contributed by atoms with Crippen molar-refractivity contribution < 1.29 is 5.21 Å². The van der Waals surface area contributed by atoms with Crippen LogP contribution in [0.3, 0.4) is 0 Å². The van der Waals surface area contributed by atoms with E-state index in [0.29, 0.717) is 5.56 Å². The summed E-state index contributed by atoms with van der Waals surface area (Å²) < 4.78 is 0. The Balaban J connectivity index is 3.04. The molecule has 100 valence electrons. The Bertz CT molecular complexity index is 430. The van der Waals surface area contributed by atoms with Gasteiger partial charge in [-0.3, -0.25) is 0 Å². The molecule has 0 amide bonds. The van der Waals surface area contributed by atoms with Crippen LogP contribution in [0.1, 0.15) is 11.1 Å². The average Bonchev–Trinajstić information content (AvgIpc) is 2.34. The number of hydrogen-bond acceptors (Lipinski definition) is 5. The summed E-state index contributed by atoms with van der Waals surface area (Å²) in [5.74, 6) is 0.819. The van der Waals surface area contributed by atoms with Gasteiger partial charge in [-0.05, 0) is 32.6 Å². The van der Waals surface area contributed by atoms with Gasteiger partial charge in [-0.2, -0.15) is 0 Å². The number of amidine groups is 1. The van der Waals surface area contributed by atoms with E-state index in [1.54, 1.807) is 6.20 Å². The third kappa shape index (κ3) is 3.33.